The summed E-state index contributed by atoms with van der Waals surface area (Å²) in [6, 6.07) is 19.2. The van der Waals surface area contributed by atoms with Gasteiger partial charge in [-0.2, -0.15) is 5.10 Å². The summed E-state index contributed by atoms with van der Waals surface area (Å²) >= 11 is 0. The molecule has 0 bridgehead atoms. The Morgan fingerprint density at radius 1 is 0.943 bits per heavy atom. The van der Waals surface area contributed by atoms with Gasteiger partial charge in [0.2, 0.25) is 0 Å². The number of rotatable bonds is 8. The molecule has 0 fully saturated rings. The Hall–Kier alpha value is -4.53. The molecule has 0 saturated carbocycles. The number of carbonyl (C=O) groups excluding carboxylic acids is 2. The zero-order valence-corrected chi connectivity index (χ0v) is 19.6. The van der Waals surface area contributed by atoms with Crippen molar-refractivity contribution in [1.82, 2.24) is 5.43 Å². The molecule has 9 nitrogen and oxygen atoms in total. The molecule has 0 radical (unpaired) electrons. The molecule has 0 aliphatic rings. The first-order chi connectivity index (χ1) is 16.6. The zero-order chi connectivity index (χ0) is 25.4. The Balaban J connectivity index is 1.45. The van der Waals surface area contributed by atoms with Crippen molar-refractivity contribution >= 4 is 23.8 Å². The first kappa shape index (κ1) is 25.1. The van der Waals surface area contributed by atoms with E-state index in [0.717, 1.165) is 0 Å². The third kappa shape index (κ3) is 7.50. The quantitative estimate of drug-likeness (QED) is 0.167. The molecule has 0 saturated heterocycles. The van der Waals surface area contributed by atoms with Crippen LogP contribution in [0.5, 0.6) is 11.5 Å². The van der Waals surface area contributed by atoms with Gasteiger partial charge in [-0.25, -0.2) is 10.2 Å². The Kier molecular flexibility index (Phi) is 7.93. The highest BCUT2D eigenvalue weighted by Crippen LogP contribution is 2.24. The number of esters is 1. The molecule has 9 heteroatoms. The summed E-state index contributed by atoms with van der Waals surface area (Å²) in [5, 5.41) is 14.6. The van der Waals surface area contributed by atoms with Crippen molar-refractivity contribution in [2.45, 2.75) is 26.2 Å². The lowest BCUT2D eigenvalue weighted by atomic mass is 9.87. The maximum Gasteiger partial charge on any atom is 0.343 e. The number of nitro groups is 1. The molecular weight excluding hydrogens is 450 g/mol. The van der Waals surface area contributed by atoms with Crippen molar-refractivity contribution in [3.05, 3.63) is 99.6 Å². The smallest absolute Gasteiger partial charge is 0.343 e. The number of nitro benzene ring substituents is 1. The van der Waals surface area contributed by atoms with E-state index in [4.69, 9.17) is 9.47 Å². The minimum absolute atomic E-state index is 0.0393. The van der Waals surface area contributed by atoms with Gasteiger partial charge in [-0.3, -0.25) is 14.9 Å². The van der Waals surface area contributed by atoms with Crippen LogP contribution in [-0.2, 0) is 10.2 Å². The Labute approximate surface area is 202 Å². The number of hydrogen-bond acceptors (Lipinski definition) is 7. The molecule has 0 aromatic heterocycles. The summed E-state index contributed by atoms with van der Waals surface area (Å²) in [7, 11) is 0. The molecule has 0 unspecified atom stereocenters. The number of carbonyl (C=O) groups is 2. The maximum absolute atomic E-state index is 12.2. The Bertz CT molecular complexity index is 1210. The first-order valence-corrected chi connectivity index (χ1v) is 10.7. The molecule has 3 aromatic rings. The summed E-state index contributed by atoms with van der Waals surface area (Å²) < 4.78 is 10.7. The second kappa shape index (κ2) is 11.1. The van der Waals surface area contributed by atoms with Crippen molar-refractivity contribution in [3.63, 3.8) is 0 Å². The number of benzene rings is 3. The fraction of sp³-hybridized carbons (Fsp3) is 0.192. The summed E-state index contributed by atoms with van der Waals surface area (Å²) in [6.45, 7) is 6.19. The van der Waals surface area contributed by atoms with E-state index in [1.165, 1.54) is 36.0 Å². The van der Waals surface area contributed by atoms with Gasteiger partial charge in [0.1, 0.15) is 11.5 Å². The van der Waals surface area contributed by atoms with Crippen molar-refractivity contribution in [1.29, 1.82) is 0 Å². The molecular formula is C26H25N3O6. The summed E-state index contributed by atoms with van der Waals surface area (Å²) in [4.78, 5) is 34.3. The molecule has 0 heterocycles. The van der Waals surface area contributed by atoms with Crippen LogP contribution in [0.3, 0.4) is 0 Å². The minimum Gasteiger partial charge on any atom is -0.484 e. The lowest BCUT2D eigenvalue weighted by Crippen LogP contribution is -2.24. The van der Waals surface area contributed by atoms with Crippen LogP contribution in [0.15, 0.2) is 77.9 Å². The number of nitrogens with one attached hydrogen (secondary N) is 1. The number of ether oxygens (including phenoxy) is 2. The van der Waals surface area contributed by atoms with Crippen LogP contribution in [-0.4, -0.2) is 29.6 Å². The molecule has 1 N–H and O–H groups in total. The zero-order valence-electron chi connectivity index (χ0n) is 19.6. The fourth-order valence-electron chi connectivity index (χ4n) is 2.92. The van der Waals surface area contributed by atoms with Gasteiger partial charge >= 0.3 is 5.97 Å². The van der Waals surface area contributed by atoms with Crippen LogP contribution in [0.4, 0.5) is 5.69 Å². The highest BCUT2D eigenvalue weighted by molar-refractivity contribution is 5.91. The number of hydrazone groups is 1. The van der Waals surface area contributed by atoms with E-state index in [1.807, 2.05) is 24.3 Å². The number of hydrogen-bond donors (Lipinski definition) is 1. The van der Waals surface area contributed by atoms with E-state index in [2.05, 4.69) is 31.3 Å². The van der Waals surface area contributed by atoms with Gasteiger partial charge in [-0.05, 0) is 65.1 Å². The van der Waals surface area contributed by atoms with E-state index in [0.29, 0.717) is 17.1 Å². The van der Waals surface area contributed by atoms with E-state index in [1.54, 1.807) is 24.3 Å². The average molecular weight is 476 g/mol. The molecule has 3 aromatic carbocycles. The summed E-state index contributed by atoms with van der Waals surface area (Å²) in [5.74, 6) is -0.159. The highest BCUT2D eigenvalue weighted by Gasteiger charge is 2.13. The molecule has 1 amide bonds. The van der Waals surface area contributed by atoms with Crippen LogP contribution < -0.4 is 14.9 Å². The fourth-order valence-corrected chi connectivity index (χ4v) is 2.92. The van der Waals surface area contributed by atoms with Gasteiger partial charge < -0.3 is 9.47 Å². The number of amides is 1. The second-order valence-electron chi connectivity index (χ2n) is 8.62. The van der Waals surface area contributed by atoms with Crippen LogP contribution in [0, 0.1) is 10.1 Å². The van der Waals surface area contributed by atoms with Crippen LogP contribution in [0.2, 0.25) is 0 Å². The first-order valence-electron chi connectivity index (χ1n) is 10.7. The van der Waals surface area contributed by atoms with E-state index >= 15 is 0 Å². The van der Waals surface area contributed by atoms with Crippen molar-refractivity contribution in [3.8, 4) is 11.5 Å². The molecule has 35 heavy (non-hydrogen) atoms. The topological polar surface area (TPSA) is 120 Å². The largest absolute Gasteiger partial charge is 0.484 e. The predicted molar refractivity (Wildman–Crippen MR) is 131 cm³/mol. The van der Waals surface area contributed by atoms with Crippen LogP contribution >= 0.6 is 0 Å². The average Bonchev–Trinajstić information content (AvgIpc) is 2.83. The molecule has 0 spiro atoms. The number of nitrogens with zero attached hydrogens (tertiary/aromatic N) is 2. The Morgan fingerprint density at radius 2 is 1.54 bits per heavy atom. The van der Waals surface area contributed by atoms with Gasteiger partial charge in [0, 0.05) is 12.1 Å². The van der Waals surface area contributed by atoms with Crippen molar-refractivity contribution < 1.29 is 24.0 Å². The molecule has 180 valence electrons. The summed E-state index contributed by atoms with van der Waals surface area (Å²) in [5.41, 5.74) is 4.35. The van der Waals surface area contributed by atoms with Crippen molar-refractivity contribution in [2.75, 3.05) is 6.61 Å². The van der Waals surface area contributed by atoms with Gasteiger partial charge in [-0.15, -0.1) is 0 Å². The minimum atomic E-state index is -0.637. The normalized spacial score (nSPS) is 11.2. The van der Waals surface area contributed by atoms with Crippen molar-refractivity contribution in [2.24, 2.45) is 5.10 Å². The number of non-ortho nitro benzene ring substituents is 1. The van der Waals surface area contributed by atoms with Gasteiger partial charge in [0.25, 0.3) is 11.6 Å². The van der Waals surface area contributed by atoms with Crippen LogP contribution in [0.25, 0.3) is 0 Å². The lowest BCUT2D eigenvalue weighted by Gasteiger charge is -2.19. The van der Waals surface area contributed by atoms with Gasteiger partial charge in [0.05, 0.1) is 16.7 Å². The molecule has 0 aliphatic carbocycles. The standard InChI is InChI=1S/C26H25N3O6/c1-26(2,3)20-8-14-22(15-9-20)34-17-24(30)28-27-16-18-4-12-23(13-5-18)35-25(31)19-6-10-21(11-7-19)29(32)33/h4-16H,17H2,1-3H3,(H,28,30)/b27-16-. The monoisotopic (exact) mass is 475 g/mol. The van der Waals surface area contributed by atoms with Gasteiger partial charge in [0.15, 0.2) is 6.61 Å². The SMILES string of the molecule is CC(C)(C)c1ccc(OCC(=O)N/N=C\c2ccc(OC(=O)c3ccc([N+](=O)[O-])cc3)cc2)cc1. The lowest BCUT2D eigenvalue weighted by molar-refractivity contribution is -0.384. The molecule has 0 atom stereocenters. The van der Waals surface area contributed by atoms with E-state index in [9.17, 15) is 19.7 Å². The summed E-state index contributed by atoms with van der Waals surface area (Å²) in [6.07, 6.45) is 1.44. The Morgan fingerprint density at radius 3 is 2.11 bits per heavy atom. The molecule has 3 rings (SSSR count). The second-order valence-corrected chi connectivity index (χ2v) is 8.62. The molecule has 0 aliphatic heterocycles. The van der Waals surface area contributed by atoms with E-state index in [-0.39, 0.29) is 23.3 Å². The highest BCUT2D eigenvalue weighted by atomic mass is 16.6. The van der Waals surface area contributed by atoms with Gasteiger partial charge in [-0.1, -0.05) is 32.9 Å². The third-order valence-corrected chi connectivity index (χ3v) is 4.90. The van der Waals surface area contributed by atoms with Crippen LogP contribution in [0.1, 0.15) is 42.3 Å². The maximum atomic E-state index is 12.2. The predicted octanol–water partition coefficient (Wildman–Crippen LogP) is 4.64. The third-order valence-electron chi connectivity index (χ3n) is 4.90. The van der Waals surface area contributed by atoms with E-state index < -0.39 is 16.8 Å².